The van der Waals surface area contributed by atoms with Crippen LogP contribution in [0.15, 0.2) is 42.0 Å². The van der Waals surface area contributed by atoms with Crippen molar-refractivity contribution in [1.29, 1.82) is 0 Å². The number of aryl methyl sites for hydroxylation is 1. The molecule has 3 fully saturated rings. The molecule has 7 nitrogen and oxygen atoms in total. The minimum atomic E-state index is -2.04. The largest absolute Gasteiger partial charge is 0.457 e. The van der Waals surface area contributed by atoms with E-state index in [4.69, 9.17) is 4.74 Å². The number of aliphatic hydroxyl groups is 2. The number of carbonyl (C=O) groups excluding carboxylic acids is 3. The zero-order valence-electron chi connectivity index (χ0n) is 23.1. The molecular formula is C31H38FNO6. The van der Waals surface area contributed by atoms with Gasteiger partial charge in [-0.1, -0.05) is 38.5 Å². The highest BCUT2D eigenvalue weighted by Crippen LogP contribution is 2.70. The van der Waals surface area contributed by atoms with Crippen LogP contribution in [0, 0.1) is 28.6 Å². The minimum absolute atomic E-state index is 0.0927. The molecule has 0 aliphatic heterocycles. The molecule has 4 aliphatic carbocycles. The molecule has 8 atom stereocenters. The van der Waals surface area contributed by atoms with E-state index in [1.165, 1.54) is 12.2 Å². The summed E-state index contributed by atoms with van der Waals surface area (Å²) >= 11 is 0. The summed E-state index contributed by atoms with van der Waals surface area (Å²) in [6.45, 7) is 6.63. The lowest BCUT2D eigenvalue weighted by molar-refractivity contribution is -0.220. The van der Waals surface area contributed by atoms with Crippen LogP contribution in [0.4, 0.5) is 4.39 Å². The summed E-state index contributed by atoms with van der Waals surface area (Å²) in [5.74, 6) is -2.95. The van der Waals surface area contributed by atoms with Crippen molar-refractivity contribution in [2.24, 2.45) is 28.6 Å². The van der Waals surface area contributed by atoms with Gasteiger partial charge in [-0.3, -0.25) is 19.4 Å². The summed E-state index contributed by atoms with van der Waals surface area (Å²) in [7, 11) is 0. The molecule has 210 valence electrons. The number of alkyl halides is 1. The molecule has 1 aromatic heterocycles. The van der Waals surface area contributed by atoms with E-state index in [0.717, 1.165) is 12.1 Å². The lowest BCUT2D eigenvalue weighted by atomic mass is 9.44. The highest BCUT2D eigenvalue weighted by Gasteiger charge is 2.75. The maximum Gasteiger partial charge on any atom is 0.312 e. The van der Waals surface area contributed by atoms with Gasteiger partial charge >= 0.3 is 5.97 Å². The van der Waals surface area contributed by atoms with Gasteiger partial charge in [0, 0.05) is 22.4 Å². The monoisotopic (exact) mass is 539 g/mol. The van der Waals surface area contributed by atoms with E-state index in [0.29, 0.717) is 30.5 Å². The van der Waals surface area contributed by atoms with Crippen molar-refractivity contribution in [2.45, 2.75) is 83.6 Å². The zero-order valence-corrected chi connectivity index (χ0v) is 23.1. The summed E-state index contributed by atoms with van der Waals surface area (Å²) in [6.07, 6.45) is 4.81. The molecule has 2 N–H and O–H groups in total. The van der Waals surface area contributed by atoms with E-state index in [1.54, 1.807) is 32.9 Å². The van der Waals surface area contributed by atoms with Crippen molar-refractivity contribution >= 4 is 17.5 Å². The van der Waals surface area contributed by atoms with E-state index in [9.17, 15) is 24.6 Å². The van der Waals surface area contributed by atoms with Crippen LogP contribution in [0.5, 0.6) is 0 Å². The van der Waals surface area contributed by atoms with Gasteiger partial charge in [0.25, 0.3) is 0 Å². The van der Waals surface area contributed by atoms with Crippen molar-refractivity contribution < 1.29 is 33.7 Å². The fraction of sp³-hybridized carbons (Fsp3) is 0.613. The number of aliphatic hydroxyl groups excluding tert-OH is 1. The van der Waals surface area contributed by atoms with Crippen molar-refractivity contribution in [2.75, 3.05) is 6.61 Å². The maximum absolute atomic E-state index is 17.3. The first kappa shape index (κ1) is 27.8. The second kappa shape index (κ2) is 9.44. The first-order chi connectivity index (χ1) is 18.3. The number of ketones is 2. The van der Waals surface area contributed by atoms with Crippen LogP contribution in [0.25, 0.3) is 0 Å². The van der Waals surface area contributed by atoms with E-state index in [-0.39, 0.29) is 24.5 Å². The van der Waals surface area contributed by atoms with Gasteiger partial charge in [0.05, 0.1) is 18.2 Å². The number of nitrogens with zero attached hydrogens (tertiary/aromatic N) is 1. The number of hydrogen-bond acceptors (Lipinski definition) is 7. The molecule has 0 bridgehead atoms. The molecule has 8 heteroatoms. The van der Waals surface area contributed by atoms with Crippen LogP contribution in [0.3, 0.4) is 0 Å². The predicted octanol–water partition coefficient (Wildman–Crippen LogP) is 3.65. The van der Waals surface area contributed by atoms with Gasteiger partial charge in [-0.25, -0.2) is 4.39 Å². The van der Waals surface area contributed by atoms with Gasteiger partial charge in [0.1, 0.15) is 5.60 Å². The number of ether oxygens (including phenoxy) is 1. The van der Waals surface area contributed by atoms with E-state index in [2.05, 4.69) is 4.98 Å². The lowest BCUT2D eigenvalue weighted by Gasteiger charge is -2.62. The fourth-order valence-electron chi connectivity index (χ4n) is 8.42. The number of Topliss-reactive ketones (excluding diaryl/α,β-unsaturated/α-hetero) is 1. The Bertz CT molecular complexity index is 1280. The van der Waals surface area contributed by atoms with Gasteiger partial charge < -0.3 is 14.9 Å². The van der Waals surface area contributed by atoms with Crippen molar-refractivity contribution in [3.8, 4) is 0 Å². The van der Waals surface area contributed by atoms with Crippen LogP contribution >= 0.6 is 0 Å². The molecule has 0 amide bonds. The first-order valence-electron chi connectivity index (χ1n) is 14.0. The Labute approximate surface area is 228 Å². The predicted molar refractivity (Wildman–Crippen MR) is 141 cm³/mol. The quantitative estimate of drug-likeness (QED) is 0.531. The smallest absolute Gasteiger partial charge is 0.312 e. The molecule has 0 aromatic carbocycles. The normalized spacial score (nSPS) is 40.8. The molecule has 1 aromatic rings. The maximum atomic E-state index is 17.3. The number of rotatable bonds is 6. The third kappa shape index (κ3) is 3.89. The average molecular weight is 540 g/mol. The number of allylic oxidation sites excluding steroid dienone is 4. The molecule has 0 saturated heterocycles. The summed E-state index contributed by atoms with van der Waals surface area (Å²) in [5, 5.41) is 23.5. The van der Waals surface area contributed by atoms with Crippen molar-refractivity contribution in [3.05, 3.63) is 53.4 Å². The number of hydrogen-bond donors (Lipinski definition) is 2. The topological polar surface area (TPSA) is 114 Å². The van der Waals surface area contributed by atoms with E-state index < -0.39 is 58.4 Å². The second-order valence-corrected chi connectivity index (χ2v) is 12.4. The van der Waals surface area contributed by atoms with Gasteiger partial charge in [-0.05, 0) is 75.1 Å². The third-order valence-electron chi connectivity index (χ3n) is 10.6. The third-order valence-corrected chi connectivity index (χ3v) is 10.6. The number of aromatic nitrogens is 1. The van der Waals surface area contributed by atoms with Crippen molar-refractivity contribution in [1.82, 2.24) is 4.98 Å². The van der Waals surface area contributed by atoms with Crippen molar-refractivity contribution in [3.63, 3.8) is 0 Å². The van der Waals surface area contributed by atoms with Crippen LogP contribution in [0.1, 0.15) is 64.8 Å². The molecular weight excluding hydrogens is 501 g/mol. The fourth-order valence-corrected chi connectivity index (χ4v) is 8.42. The van der Waals surface area contributed by atoms with Crippen LogP contribution in [0.2, 0.25) is 0 Å². The Balaban J connectivity index is 1.37. The summed E-state index contributed by atoms with van der Waals surface area (Å²) in [6, 6.07) is 5.40. The molecule has 0 radical (unpaired) electrons. The molecule has 1 heterocycles. The average Bonchev–Trinajstić information content (AvgIpc) is 3.10. The summed E-state index contributed by atoms with van der Waals surface area (Å²) in [5.41, 5.74) is -4.12. The molecule has 4 aliphatic rings. The SMILES string of the molecule is CCc1cccc(CC(=O)OCC(=O)[C@@]2(O)[C@H](C)CC3C4CCC5=CC(=O)C=C[C@]5(C)[C@@]4(F)[C@@H](O)C[C@@]32C)n1. The minimum Gasteiger partial charge on any atom is -0.457 e. The Morgan fingerprint density at radius 1 is 1.21 bits per heavy atom. The van der Waals surface area contributed by atoms with Gasteiger partial charge in [-0.2, -0.15) is 0 Å². The number of fused-ring (bicyclic) bond motifs is 5. The highest BCUT2D eigenvalue weighted by atomic mass is 19.1. The van der Waals surface area contributed by atoms with Gasteiger partial charge in [0.2, 0.25) is 5.78 Å². The standard InChI is InChI=1S/C31H38FNO6/c1-5-20-7-6-8-21(33-20)15-27(37)39-17-26(36)31(38)18(2)13-24-23-10-9-19-14-22(34)11-12-28(19,3)30(23,32)25(35)16-29(24,31)4/h6-8,11-12,14,18,23-25,35,38H,5,9-10,13,15-17H2,1-4H3/t18-,23?,24?,25+,28+,29+,30+,31+/m1/s1. The molecule has 39 heavy (non-hydrogen) atoms. The Morgan fingerprint density at radius 3 is 2.64 bits per heavy atom. The Kier molecular flexibility index (Phi) is 6.74. The Hall–Kier alpha value is -2.71. The lowest BCUT2D eigenvalue weighted by Crippen LogP contribution is -2.69. The first-order valence-corrected chi connectivity index (χ1v) is 14.0. The number of carbonyl (C=O) groups is 3. The highest BCUT2D eigenvalue weighted by molar-refractivity contribution is 6.01. The van der Waals surface area contributed by atoms with Gasteiger partial charge in [-0.15, -0.1) is 0 Å². The van der Waals surface area contributed by atoms with Crippen LogP contribution in [-0.2, 0) is 32.0 Å². The molecule has 2 unspecified atom stereocenters. The Morgan fingerprint density at radius 2 is 1.92 bits per heavy atom. The van der Waals surface area contributed by atoms with E-state index >= 15 is 4.39 Å². The molecule has 5 rings (SSSR count). The number of halogens is 1. The number of esters is 1. The molecule has 3 saturated carbocycles. The number of pyridine rings is 1. The molecule has 0 spiro atoms. The summed E-state index contributed by atoms with van der Waals surface area (Å²) in [4.78, 5) is 42.5. The van der Waals surface area contributed by atoms with Gasteiger partial charge in [0.15, 0.2) is 18.1 Å². The van der Waals surface area contributed by atoms with E-state index in [1.807, 2.05) is 19.1 Å². The van der Waals surface area contributed by atoms with Crippen LogP contribution < -0.4 is 0 Å². The summed E-state index contributed by atoms with van der Waals surface area (Å²) < 4.78 is 22.6. The zero-order chi connectivity index (χ0) is 28.4. The van der Waals surface area contributed by atoms with Crippen LogP contribution in [-0.4, -0.2) is 56.7 Å². The second-order valence-electron chi connectivity index (χ2n) is 12.4.